The first-order chi connectivity index (χ1) is 10.4. The van der Waals surface area contributed by atoms with Gasteiger partial charge in [0.15, 0.2) is 0 Å². The quantitative estimate of drug-likeness (QED) is 0.684. The van der Waals surface area contributed by atoms with Gasteiger partial charge in [-0.25, -0.2) is 19.6 Å². The minimum absolute atomic E-state index is 0.0695. The molecule has 0 aromatic carbocycles. The van der Waals surface area contributed by atoms with Crippen molar-refractivity contribution in [2.75, 3.05) is 13.1 Å². The fraction of sp³-hybridized carbons (Fsp3) is 0.875. The molecule has 0 radical (unpaired) electrons. The molecule has 0 aromatic rings. The van der Waals surface area contributed by atoms with Gasteiger partial charge in [-0.05, 0) is 54.4 Å². The summed E-state index contributed by atoms with van der Waals surface area (Å²) in [6, 6.07) is 0. The average molecular weight is 328 g/mol. The second kappa shape index (κ2) is 6.19. The van der Waals surface area contributed by atoms with Crippen LogP contribution in [0, 0.1) is 0 Å². The van der Waals surface area contributed by atoms with E-state index in [0.29, 0.717) is 13.1 Å². The molecule has 23 heavy (non-hydrogen) atoms. The van der Waals surface area contributed by atoms with Crippen LogP contribution in [0.1, 0.15) is 54.4 Å². The number of hydrogen-bond acceptors (Lipinski definition) is 5. The van der Waals surface area contributed by atoms with Gasteiger partial charge < -0.3 is 14.2 Å². The van der Waals surface area contributed by atoms with Gasteiger partial charge in [0, 0.05) is 0 Å². The Morgan fingerprint density at radius 1 is 0.826 bits per heavy atom. The Morgan fingerprint density at radius 2 is 1.17 bits per heavy atom. The molecule has 2 bridgehead atoms. The summed E-state index contributed by atoms with van der Waals surface area (Å²) in [5.41, 5.74) is -1.27. The van der Waals surface area contributed by atoms with Gasteiger partial charge in [-0.15, -0.1) is 0 Å². The molecule has 0 N–H and O–H groups in total. The Balaban J connectivity index is 2.19. The summed E-state index contributed by atoms with van der Waals surface area (Å²) in [4.78, 5) is 25.0. The Kier molecular flexibility index (Phi) is 4.80. The number of fused-ring (bicyclic) bond motifs is 2. The van der Waals surface area contributed by atoms with Crippen LogP contribution in [-0.2, 0) is 14.2 Å². The zero-order valence-electron chi connectivity index (χ0n) is 14.9. The lowest BCUT2D eigenvalue weighted by Crippen LogP contribution is -2.55. The van der Waals surface area contributed by atoms with E-state index in [2.05, 4.69) is 0 Å². The standard InChI is InChI=1S/C16H28N2O5/c1-15(2,3)22-13(19)17-9-11-7-8-12(21-11)10-18(17)14(20)23-16(4,5)6/h11-12H,7-10H2,1-6H3. The maximum absolute atomic E-state index is 12.5. The number of rotatable bonds is 0. The minimum Gasteiger partial charge on any atom is -0.442 e. The monoisotopic (exact) mass is 328 g/mol. The lowest BCUT2D eigenvalue weighted by Gasteiger charge is -2.36. The normalized spacial score (nSPS) is 25.1. The molecule has 2 aliphatic rings. The highest BCUT2D eigenvalue weighted by molar-refractivity contribution is 5.75. The third-order valence-corrected chi connectivity index (χ3v) is 3.45. The van der Waals surface area contributed by atoms with Crippen LogP contribution in [0.3, 0.4) is 0 Å². The molecular weight excluding hydrogens is 300 g/mol. The molecule has 0 spiro atoms. The zero-order valence-corrected chi connectivity index (χ0v) is 14.9. The summed E-state index contributed by atoms with van der Waals surface area (Å²) in [7, 11) is 0. The number of carbonyl (C=O) groups is 2. The van der Waals surface area contributed by atoms with Crippen molar-refractivity contribution in [1.29, 1.82) is 0 Å². The van der Waals surface area contributed by atoms with E-state index in [1.807, 2.05) is 0 Å². The third kappa shape index (κ3) is 4.99. The number of hydrogen-bond donors (Lipinski definition) is 0. The van der Waals surface area contributed by atoms with Gasteiger partial charge in [-0.3, -0.25) is 0 Å². The highest BCUT2D eigenvalue weighted by Gasteiger charge is 2.42. The summed E-state index contributed by atoms with van der Waals surface area (Å²) in [6.07, 6.45) is 0.511. The molecular formula is C16H28N2O5. The molecule has 7 nitrogen and oxygen atoms in total. The maximum Gasteiger partial charge on any atom is 0.429 e. The van der Waals surface area contributed by atoms with Crippen LogP contribution in [0.5, 0.6) is 0 Å². The third-order valence-electron chi connectivity index (χ3n) is 3.45. The predicted octanol–water partition coefficient (Wildman–Crippen LogP) is 2.94. The van der Waals surface area contributed by atoms with Crippen molar-refractivity contribution in [2.24, 2.45) is 0 Å². The van der Waals surface area contributed by atoms with Crippen LogP contribution >= 0.6 is 0 Å². The fourth-order valence-corrected chi connectivity index (χ4v) is 2.61. The van der Waals surface area contributed by atoms with E-state index in [0.717, 1.165) is 12.8 Å². The van der Waals surface area contributed by atoms with Gasteiger partial charge >= 0.3 is 12.2 Å². The second-order valence-corrected chi connectivity index (χ2v) is 8.08. The van der Waals surface area contributed by atoms with Gasteiger partial charge in [0.25, 0.3) is 0 Å². The van der Waals surface area contributed by atoms with Crippen LogP contribution in [-0.4, -0.2) is 58.7 Å². The molecule has 2 fully saturated rings. The lowest BCUT2D eigenvalue weighted by molar-refractivity contribution is -0.0628. The molecule has 2 rings (SSSR count). The Labute approximate surface area is 137 Å². The predicted molar refractivity (Wildman–Crippen MR) is 83.8 cm³/mol. The highest BCUT2D eigenvalue weighted by atomic mass is 16.6. The van der Waals surface area contributed by atoms with Crippen LogP contribution in [0.4, 0.5) is 9.59 Å². The molecule has 0 aromatic heterocycles. The Morgan fingerprint density at radius 3 is 1.48 bits per heavy atom. The van der Waals surface area contributed by atoms with E-state index in [-0.39, 0.29) is 12.2 Å². The molecule has 2 aliphatic heterocycles. The summed E-state index contributed by atoms with van der Waals surface area (Å²) in [5.74, 6) is 0. The van der Waals surface area contributed by atoms with Crippen molar-refractivity contribution in [3.05, 3.63) is 0 Å². The lowest BCUT2D eigenvalue weighted by atomic mass is 10.1. The summed E-state index contributed by atoms with van der Waals surface area (Å²) >= 11 is 0. The topological polar surface area (TPSA) is 68.3 Å². The zero-order chi connectivity index (χ0) is 17.4. The first-order valence-corrected chi connectivity index (χ1v) is 8.11. The Bertz CT molecular complexity index is 424. The molecule has 2 unspecified atom stereocenters. The highest BCUT2D eigenvalue weighted by Crippen LogP contribution is 2.28. The van der Waals surface area contributed by atoms with Crippen molar-refractivity contribution in [1.82, 2.24) is 10.0 Å². The van der Waals surface area contributed by atoms with E-state index < -0.39 is 23.4 Å². The van der Waals surface area contributed by atoms with E-state index in [1.165, 1.54) is 10.0 Å². The van der Waals surface area contributed by atoms with E-state index >= 15 is 0 Å². The smallest absolute Gasteiger partial charge is 0.429 e. The number of ether oxygens (including phenoxy) is 3. The number of amides is 2. The maximum atomic E-state index is 12.5. The van der Waals surface area contributed by atoms with Crippen molar-refractivity contribution >= 4 is 12.2 Å². The SMILES string of the molecule is CC(C)(C)OC(=O)N1CC2CCC(CN1C(=O)OC(C)(C)C)O2. The molecule has 2 saturated heterocycles. The first kappa shape index (κ1) is 17.8. The summed E-state index contributed by atoms with van der Waals surface area (Å²) in [6.45, 7) is 11.4. The molecule has 132 valence electrons. The Hall–Kier alpha value is -1.50. The number of hydrazine groups is 1. The fourth-order valence-electron chi connectivity index (χ4n) is 2.61. The van der Waals surface area contributed by atoms with Crippen LogP contribution < -0.4 is 0 Å². The van der Waals surface area contributed by atoms with Gasteiger partial charge in [-0.1, -0.05) is 0 Å². The number of carbonyl (C=O) groups excluding carboxylic acids is 2. The molecule has 2 amide bonds. The van der Waals surface area contributed by atoms with Gasteiger partial charge in [0.2, 0.25) is 0 Å². The van der Waals surface area contributed by atoms with Crippen molar-refractivity contribution in [2.45, 2.75) is 77.8 Å². The van der Waals surface area contributed by atoms with Gasteiger partial charge in [0.1, 0.15) is 11.2 Å². The molecule has 0 saturated carbocycles. The molecule has 2 atom stereocenters. The van der Waals surface area contributed by atoms with Gasteiger partial charge in [0.05, 0.1) is 25.3 Å². The second-order valence-electron chi connectivity index (χ2n) is 8.08. The largest absolute Gasteiger partial charge is 0.442 e. The first-order valence-electron chi connectivity index (χ1n) is 8.11. The average Bonchev–Trinajstić information content (AvgIpc) is 2.64. The van der Waals surface area contributed by atoms with Gasteiger partial charge in [-0.2, -0.15) is 0 Å². The van der Waals surface area contributed by atoms with Crippen LogP contribution in [0.15, 0.2) is 0 Å². The van der Waals surface area contributed by atoms with E-state index in [1.54, 1.807) is 41.5 Å². The number of nitrogens with zero attached hydrogens (tertiary/aromatic N) is 2. The van der Waals surface area contributed by atoms with Crippen molar-refractivity contribution < 1.29 is 23.8 Å². The molecule has 0 aliphatic carbocycles. The van der Waals surface area contributed by atoms with Crippen LogP contribution in [0.25, 0.3) is 0 Å². The molecule has 7 heteroatoms. The summed E-state index contributed by atoms with van der Waals surface area (Å²) < 4.78 is 16.7. The molecule has 2 heterocycles. The minimum atomic E-state index is -0.636. The van der Waals surface area contributed by atoms with Crippen LogP contribution in [0.2, 0.25) is 0 Å². The summed E-state index contributed by atoms with van der Waals surface area (Å²) in [5, 5.41) is 2.65. The van der Waals surface area contributed by atoms with E-state index in [9.17, 15) is 9.59 Å². The van der Waals surface area contributed by atoms with E-state index in [4.69, 9.17) is 14.2 Å². The van der Waals surface area contributed by atoms with Crippen molar-refractivity contribution in [3.8, 4) is 0 Å². The van der Waals surface area contributed by atoms with Crippen molar-refractivity contribution in [3.63, 3.8) is 0 Å².